The van der Waals surface area contributed by atoms with E-state index in [4.69, 9.17) is 34.7 Å². The zero-order valence-corrected chi connectivity index (χ0v) is 35.1. The van der Waals surface area contributed by atoms with Crippen LogP contribution in [0, 0.1) is 3.57 Å². The van der Waals surface area contributed by atoms with Gasteiger partial charge in [0.25, 0.3) is 0 Å². The lowest BCUT2D eigenvalue weighted by atomic mass is 10.0. The van der Waals surface area contributed by atoms with Gasteiger partial charge < -0.3 is 50.8 Å². The Kier molecular flexibility index (Phi) is 14.5. The molecule has 0 saturated carbocycles. The lowest BCUT2D eigenvalue weighted by Crippen LogP contribution is -2.47. The minimum Gasteiger partial charge on any atom is -0.455 e. The Hall–Kier alpha value is -4.24. The molecule has 0 aliphatic carbocycles. The lowest BCUT2D eigenvalue weighted by Gasteiger charge is -2.25. The third-order valence-corrected chi connectivity index (χ3v) is 11.3. The molecule has 0 spiro atoms. The fourth-order valence-electron chi connectivity index (χ4n) is 6.41. The number of esters is 1. The number of carbonyl (C=O) groups is 2. The molecule has 5 heterocycles. The number of imidazole rings is 1. The molecule has 2 saturated heterocycles. The first kappa shape index (κ1) is 45.3. The monoisotopic (exact) mass is 991 g/mol. The van der Waals surface area contributed by atoms with Crippen molar-refractivity contribution in [1.29, 1.82) is 0 Å². The number of halogens is 1. The molecule has 9 atom stereocenters. The third kappa shape index (κ3) is 11.4. The number of hydrogen-bond donors (Lipinski definition) is 7. The largest absolute Gasteiger partial charge is 0.472 e. The van der Waals surface area contributed by atoms with Gasteiger partial charge in [0, 0.05) is 29.0 Å². The number of nitrogens with zero attached hydrogens (tertiary/aromatic N) is 6. The number of carbonyl (C=O) groups excluding carboxylic acids is 2. The van der Waals surface area contributed by atoms with Gasteiger partial charge >= 0.3 is 27.3 Å². The Morgan fingerprint density at radius 3 is 2.57 bits per heavy atom. The van der Waals surface area contributed by atoms with Gasteiger partial charge in [-0.2, -0.15) is 4.98 Å². The molecule has 0 bridgehead atoms. The summed E-state index contributed by atoms with van der Waals surface area (Å²) < 4.78 is 61.1. The van der Waals surface area contributed by atoms with Crippen LogP contribution in [0.3, 0.4) is 0 Å². The fourth-order valence-corrected chi connectivity index (χ4v) is 8.32. The first-order valence-corrected chi connectivity index (χ1v) is 22.0. The SMILES string of the molecule is C=CCCC(=O)N[C@H](Cc1cccc(I)c1)C(=O)OC1C(COP(=O)(O)O[C@H]2C[C@H](n3ccc(N)nc3=O)O[C@@H]2COP(=O)(O)O)OC(n2cnc3c(N)ncnc32)C1O. The number of hydrogen-bond acceptors (Lipinski definition) is 18. The summed E-state index contributed by atoms with van der Waals surface area (Å²) in [6.07, 6.45) is -5.24. The molecule has 4 aromatic rings. The molecule has 324 valence electrons. The molecule has 1 aromatic carbocycles. The van der Waals surface area contributed by atoms with E-state index in [9.17, 15) is 43.3 Å². The number of nitrogens with two attached hydrogens (primary N) is 2. The fraction of sp³-hybridized carbons (Fsp3) is 0.424. The van der Waals surface area contributed by atoms with E-state index in [1.165, 1.54) is 23.2 Å². The summed E-state index contributed by atoms with van der Waals surface area (Å²) in [4.78, 5) is 84.8. The molecule has 1 amide bonds. The molecule has 24 nitrogen and oxygen atoms in total. The minimum atomic E-state index is -5.22. The number of nitrogens with one attached hydrogen (secondary N) is 1. The number of aromatic nitrogens is 6. The molecule has 3 aromatic heterocycles. The first-order valence-electron chi connectivity index (χ1n) is 17.9. The number of fused-ring (bicyclic) bond motifs is 1. The van der Waals surface area contributed by atoms with Crippen molar-refractivity contribution in [3.05, 3.63) is 81.5 Å². The molecule has 2 aliphatic heterocycles. The van der Waals surface area contributed by atoms with Crippen LogP contribution in [-0.4, -0.2) is 111 Å². The number of ether oxygens (including phenoxy) is 3. The maximum atomic E-state index is 14.0. The number of benzene rings is 1. The number of rotatable bonds is 18. The second-order valence-corrected chi connectivity index (χ2v) is 17.3. The van der Waals surface area contributed by atoms with E-state index in [1.54, 1.807) is 24.3 Å². The zero-order chi connectivity index (χ0) is 43.4. The quantitative estimate of drug-likeness (QED) is 0.0311. The molecule has 5 unspecified atom stereocenters. The Bertz CT molecular complexity index is 2370. The van der Waals surface area contributed by atoms with Gasteiger partial charge in [0.1, 0.15) is 54.3 Å². The summed E-state index contributed by atoms with van der Waals surface area (Å²) in [6.45, 7) is 1.89. The summed E-state index contributed by atoms with van der Waals surface area (Å²) in [5.41, 5.74) is 11.6. The minimum absolute atomic E-state index is 0.0122. The highest BCUT2D eigenvalue weighted by Crippen LogP contribution is 2.50. The van der Waals surface area contributed by atoms with E-state index in [0.717, 1.165) is 14.5 Å². The van der Waals surface area contributed by atoms with E-state index in [0.29, 0.717) is 12.0 Å². The Labute approximate surface area is 353 Å². The topological polar surface area (TPSA) is 347 Å². The number of aliphatic hydroxyl groups excluding tert-OH is 1. The number of allylic oxidation sites excluding steroid dienone is 1. The van der Waals surface area contributed by atoms with Crippen molar-refractivity contribution < 1.29 is 66.3 Å². The van der Waals surface area contributed by atoms with Crippen LogP contribution in [0.2, 0.25) is 0 Å². The highest BCUT2D eigenvalue weighted by Gasteiger charge is 2.50. The van der Waals surface area contributed by atoms with Crippen molar-refractivity contribution in [3.8, 4) is 0 Å². The van der Waals surface area contributed by atoms with Crippen LogP contribution in [0.1, 0.15) is 37.3 Å². The lowest BCUT2D eigenvalue weighted by molar-refractivity contribution is -0.160. The van der Waals surface area contributed by atoms with Crippen molar-refractivity contribution in [2.45, 2.75) is 74.7 Å². The number of amides is 1. The number of phosphoric acid groups is 2. The van der Waals surface area contributed by atoms with Gasteiger partial charge in [-0.15, -0.1) is 6.58 Å². The summed E-state index contributed by atoms with van der Waals surface area (Å²) in [7, 11) is -10.3. The van der Waals surface area contributed by atoms with Crippen LogP contribution in [0.5, 0.6) is 0 Å². The number of anilines is 2. The maximum absolute atomic E-state index is 14.0. The normalized spacial score (nSPS) is 24.5. The van der Waals surface area contributed by atoms with Crippen LogP contribution >= 0.6 is 38.2 Å². The van der Waals surface area contributed by atoms with Gasteiger partial charge in [0.15, 0.2) is 23.8 Å². The summed E-state index contributed by atoms with van der Waals surface area (Å²) in [5, 5.41) is 14.4. The standard InChI is InChI=1S/C33H40IN9O15P2/c1-2-3-7-24(44)40-19(11-17-5-4-6-18(34)10-17)32(46)57-28-22(56-31(27(28)45)43-16-39-26-29(36)37-15-38-30(26)43)14-54-60(51,52)58-20-12-25(42-9-8-23(35)41-33(42)47)55-21(20)13-53-59(48,49)50/h2,4-6,8-10,15-16,19-22,25,27-28,31,45H,1,3,7,11-14H2,(H,40,44)(H,51,52)(H2,35,41,47)(H2,36,37,38)(H2,48,49,50)/t19-,20+,21-,22?,25-,27?,28?,31?/m1/s1. The molecular weight excluding hydrogens is 951 g/mol. The van der Waals surface area contributed by atoms with Crippen LogP contribution in [0.15, 0.2) is 66.6 Å². The van der Waals surface area contributed by atoms with Gasteiger partial charge in [-0.25, -0.2) is 33.7 Å². The third-order valence-electron chi connectivity index (χ3n) is 9.17. The van der Waals surface area contributed by atoms with E-state index in [-0.39, 0.29) is 42.1 Å². The Balaban J connectivity index is 1.24. The molecule has 0 radical (unpaired) electrons. The summed E-state index contributed by atoms with van der Waals surface area (Å²) >= 11 is 2.10. The second kappa shape index (κ2) is 19.2. The van der Waals surface area contributed by atoms with Crippen molar-refractivity contribution in [3.63, 3.8) is 0 Å². The van der Waals surface area contributed by atoms with Gasteiger partial charge in [0.05, 0.1) is 19.5 Å². The van der Waals surface area contributed by atoms with Gasteiger partial charge in [-0.3, -0.25) is 27.5 Å². The summed E-state index contributed by atoms with van der Waals surface area (Å²) in [6, 6.07) is 7.17. The molecule has 27 heteroatoms. The molecule has 9 N–H and O–H groups in total. The first-order chi connectivity index (χ1) is 28.4. The second-order valence-electron chi connectivity index (χ2n) is 13.4. The Morgan fingerprint density at radius 2 is 1.85 bits per heavy atom. The molecule has 2 aliphatic rings. The number of aliphatic hydroxyl groups is 1. The summed E-state index contributed by atoms with van der Waals surface area (Å²) in [5.74, 6) is -1.56. The molecule has 60 heavy (non-hydrogen) atoms. The van der Waals surface area contributed by atoms with Crippen molar-refractivity contribution in [1.82, 2.24) is 34.4 Å². The highest BCUT2D eigenvalue weighted by atomic mass is 127. The predicted octanol–water partition coefficient (Wildman–Crippen LogP) is 0.615. The van der Waals surface area contributed by atoms with Crippen molar-refractivity contribution in [2.75, 3.05) is 24.7 Å². The molecular formula is C33H40IN9O15P2. The van der Waals surface area contributed by atoms with Crippen molar-refractivity contribution >= 4 is 72.9 Å². The van der Waals surface area contributed by atoms with E-state index in [1.807, 2.05) is 6.07 Å². The number of phosphoric ester groups is 2. The molecule has 2 fully saturated rings. The highest BCUT2D eigenvalue weighted by molar-refractivity contribution is 14.1. The van der Waals surface area contributed by atoms with E-state index in [2.05, 4.69) is 58.9 Å². The van der Waals surface area contributed by atoms with Crippen LogP contribution in [0.25, 0.3) is 11.2 Å². The Morgan fingerprint density at radius 1 is 1.08 bits per heavy atom. The predicted molar refractivity (Wildman–Crippen MR) is 214 cm³/mol. The molecule has 6 rings (SSSR count). The van der Waals surface area contributed by atoms with Gasteiger partial charge in [-0.1, -0.05) is 18.2 Å². The van der Waals surface area contributed by atoms with Gasteiger partial charge in [-0.05, 0) is 52.8 Å². The van der Waals surface area contributed by atoms with Crippen molar-refractivity contribution in [2.24, 2.45) is 0 Å². The maximum Gasteiger partial charge on any atom is 0.472 e. The average Bonchev–Trinajstić information content (AvgIpc) is 3.87. The smallest absolute Gasteiger partial charge is 0.455 e. The van der Waals surface area contributed by atoms with Gasteiger partial charge in [0.2, 0.25) is 5.91 Å². The average molecular weight is 992 g/mol. The van der Waals surface area contributed by atoms with E-state index < -0.39 is 95.4 Å². The van der Waals surface area contributed by atoms with Crippen LogP contribution < -0.4 is 22.5 Å². The number of nitrogen functional groups attached to an aromatic ring is 2. The van der Waals surface area contributed by atoms with E-state index >= 15 is 0 Å². The zero-order valence-electron chi connectivity index (χ0n) is 31.2. The van der Waals surface area contributed by atoms with Crippen LogP contribution in [-0.2, 0) is 52.9 Å². The van der Waals surface area contributed by atoms with Crippen LogP contribution in [0.4, 0.5) is 11.6 Å².